The number of benzene rings is 1. The summed E-state index contributed by atoms with van der Waals surface area (Å²) >= 11 is 0. The Bertz CT molecular complexity index is 976. The van der Waals surface area contributed by atoms with Crippen LogP contribution in [-0.2, 0) is 17.9 Å². The molecule has 0 unspecified atom stereocenters. The van der Waals surface area contributed by atoms with E-state index in [0.29, 0.717) is 18.1 Å². The Morgan fingerprint density at radius 3 is 2.89 bits per heavy atom. The maximum absolute atomic E-state index is 14.3. The van der Waals surface area contributed by atoms with Crippen molar-refractivity contribution in [2.45, 2.75) is 19.1 Å². The van der Waals surface area contributed by atoms with Crippen molar-refractivity contribution in [3.05, 3.63) is 71.9 Å². The third kappa shape index (κ3) is 3.72. The summed E-state index contributed by atoms with van der Waals surface area (Å²) in [5.41, 5.74) is 1.29. The number of hydrogen-bond acceptors (Lipinski definition) is 5. The average molecular weight is 381 g/mol. The molecular formula is C20H20FN5O2. The van der Waals surface area contributed by atoms with Gasteiger partial charge in [0, 0.05) is 19.8 Å². The number of pyridine rings is 1. The quantitative estimate of drug-likeness (QED) is 0.732. The molecule has 28 heavy (non-hydrogen) atoms. The maximum atomic E-state index is 14.3. The van der Waals surface area contributed by atoms with E-state index in [1.54, 1.807) is 30.1 Å². The van der Waals surface area contributed by atoms with E-state index in [4.69, 9.17) is 4.74 Å². The predicted octanol–water partition coefficient (Wildman–Crippen LogP) is 1.98. The third-order valence-electron chi connectivity index (χ3n) is 4.59. The smallest absolute Gasteiger partial charge is 0.248 e. The zero-order valence-electron chi connectivity index (χ0n) is 15.4. The highest BCUT2D eigenvalue weighted by Crippen LogP contribution is 2.27. The van der Waals surface area contributed by atoms with Gasteiger partial charge in [0.15, 0.2) is 17.4 Å². The molecule has 1 atom stereocenters. The standard InChI is InChI=1S/C20H20FN5O2/c1-25-19-18(8-5-9-22-19)28-13-17(20(25)27)23-10-16-15(21)12-26(24-16)11-14-6-3-2-4-7-14/h2-9,12,17,23H,10-11,13H2,1H3/t17-/m0/s1. The number of nitrogens with zero attached hydrogens (tertiary/aromatic N) is 4. The first-order valence-corrected chi connectivity index (χ1v) is 8.96. The molecule has 0 fully saturated rings. The van der Waals surface area contributed by atoms with Gasteiger partial charge >= 0.3 is 0 Å². The molecule has 144 valence electrons. The molecule has 0 saturated carbocycles. The molecule has 2 aromatic heterocycles. The number of nitrogens with one attached hydrogen (secondary N) is 1. The monoisotopic (exact) mass is 381 g/mol. The van der Waals surface area contributed by atoms with E-state index >= 15 is 0 Å². The van der Waals surface area contributed by atoms with Gasteiger partial charge in [0.25, 0.3) is 0 Å². The fourth-order valence-corrected chi connectivity index (χ4v) is 3.10. The summed E-state index contributed by atoms with van der Waals surface area (Å²) in [6, 6.07) is 12.6. The molecule has 1 aromatic carbocycles. The number of carbonyl (C=O) groups is 1. The molecule has 0 bridgehead atoms. The number of amides is 1. The Labute approximate surface area is 161 Å². The summed E-state index contributed by atoms with van der Waals surface area (Å²) in [7, 11) is 1.65. The average Bonchev–Trinajstić information content (AvgIpc) is 3.01. The minimum atomic E-state index is -0.627. The number of carbonyl (C=O) groups excluding carboxylic acids is 1. The minimum absolute atomic E-state index is 0.116. The molecule has 1 aliphatic rings. The number of halogens is 1. The molecule has 0 radical (unpaired) electrons. The zero-order valence-corrected chi connectivity index (χ0v) is 15.4. The van der Waals surface area contributed by atoms with Crippen LogP contribution in [0.5, 0.6) is 5.75 Å². The van der Waals surface area contributed by atoms with Crippen molar-refractivity contribution in [1.29, 1.82) is 0 Å². The van der Waals surface area contributed by atoms with Crippen molar-refractivity contribution in [3.8, 4) is 5.75 Å². The second-order valence-corrected chi connectivity index (χ2v) is 6.57. The SMILES string of the molecule is CN1C(=O)[C@@H](NCc2nn(Cc3ccccc3)cc2F)COc2cccnc21. The number of rotatable bonds is 5. The van der Waals surface area contributed by atoms with E-state index in [-0.39, 0.29) is 24.8 Å². The normalized spacial score (nSPS) is 16.4. The van der Waals surface area contributed by atoms with Crippen molar-refractivity contribution >= 4 is 11.7 Å². The summed E-state index contributed by atoms with van der Waals surface area (Å²) in [5.74, 6) is 0.404. The largest absolute Gasteiger partial charge is 0.488 e. The Kier molecular flexibility index (Phi) is 5.03. The van der Waals surface area contributed by atoms with Crippen LogP contribution in [0.15, 0.2) is 54.9 Å². The van der Waals surface area contributed by atoms with E-state index in [1.807, 2.05) is 30.3 Å². The highest BCUT2D eigenvalue weighted by molar-refractivity contribution is 5.97. The molecule has 0 spiro atoms. The molecule has 3 aromatic rings. The van der Waals surface area contributed by atoms with E-state index in [0.717, 1.165) is 5.56 Å². The molecule has 1 amide bonds. The van der Waals surface area contributed by atoms with E-state index in [1.165, 1.54) is 11.1 Å². The highest BCUT2D eigenvalue weighted by atomic mass is 19.1. The number of ether oxygens (including phenoxy) is 1. The molecule has 3 heterocycles. The Hall–Kier alpha value is -3.26. The van der Waals surface area contributed by atoms with E-state index in [2.05, 4.69) is 15.4 Å². The van der Waals surface area contributed by atoms with E-state index < -0.39 is 11.9 Å². The van der Waals surface area contributed by atoms with Gasteiger partial charge < -0.3 is 4.74 Å². The molecule has 1 N–H and O–H groups in total. The van der Waals surface area contributed by atoms with Crippen LogP contribution in [0.3, 0.4) is 0 Å². The van der Waals surface area contributed by atoms with Crippen LogP contribution >= 0.6 is 0 Å². The summed E-state index contributed by atoms with van der Waals surface area (Å²) in [4.78, 5) is 18.3. The van der Waals surface area contributed by atoms with Gasteiger partial charge in [-0.25, -0.2) is 9.37 Å². The lowest BCUT2D eigenvalue weighted by atomic mass is 10.2. The summed E-state index contributed by atoms with van der Waals surface area (Å²) in [5, 5.41) is 7.35. The van der Waals surface area contributed by atoms with Gasteiger partial charge in [-0.1, -0.05) is 30.3 Å². The molecule has 4 rings (SSSR count). The lowest BCUT2D eigenvalue weighted by Gasteiger charge is -2.19. The van der Waals surface area contributed by atoms with Crippen LogP contribution in [-0.4, -0.2) is 40.4 Å². The van der Waals surface area contributed by atoms with Crippen molar-refractivity contribution < 1.29 is 13.9 Å². The number of fused-ring (bicyclic) bond motifs is 1. The lowest BCUT2D eigenvalue weighted by molar-refractivity contribution is -0.120. The first kappa shape index (κ1) is 18.1. The first-order chi connectivity index (χ1) is 13.6. The van der Waals surface area contributed by atoms with Crippen molar-refractivity contribution in [1.82, 2.24) is 20.1 Å². The van der Waals surface area contributed by atoms with Crippen LogP contribution in [0.25, 0.3) is 0 Å². The number of likely N-dealkylation sites (N-methyl/N-ethyl adjacent to an activating group) is 1. The fraction of sp³-hybridized carbons (Fsp3) is 0.250. The molecule has 0 saturated heterocycles. The van der Waals surface area contributed by atoms with Crippen LogP contribution in [0.1, 0.15) is 11.3 Å². The third-order valence-corrected chi connectivity index (χ3v) is 4.59. The van der Waals surface area contributed by atoms with Gasteiger partial charge in [0.2, 0.25) is 5.91 Å². The van der Waals surface area contributed by atoms with Crippen LogP contribution in [0.4, 0.5) is 10.2 Å². The van der Waals surface area contributed by atoms with Crippen LogP contribution < -0.4 is 15.0 Å². The van der Waals surface area contributed by atoms with Gasteiger partial charge in [0.1, 0.15) is 18.3 Å². The Balaban J connectivity index is 1.43. The van der Waals surface area contributed by atoms with Crippen LogP contribution in [0.2, 0.25) is 0 Å². The summed E-state index contributed by atoms with van der Waals surface area (Å²) in [6.45, 7) is 0.728. The molecular weight excluding hydrogens is 361 g/mol. The topological polar surface area (TPSA) is 72.3 Å². The Morgan fingerprint density at radius 1 is 1.25 bits per heavy atom. The van der Waals surface area contributed by atoms with Crippen molar-refractivity contribution in [3.63, 3.8) is 0 Å². The van der Waals surface area contributed by atoms with Gasteiger partial charge in [-0.3, -0.25) is 19.7 Å². The number of aromatic nitrogens is 3. The first-order valence-electron chi connectivity index (χ1n) is 8.96. The predicted molar refractivity (Wildman–Crippen MR) is 101 cm³/mol. The number of hydrogen-bond donors (Lipinski definition) is 1. The fourth-order valence-electron chi connectivity index (χ4n) is 3.10. The van der Waals surface area contributed by atoms with Gasteiger partial charge in [-0.2, -0.15) is 5.10 Å². The molecule has 1 aliphatic heterocycles. The zero-order chi connectivity index (χ0) is 19.5. The molecule has 7 nitrogen and oxygen atoms in total. The minimum Gasteiger partial charge on any atom is -0.488 e. The van der Waals surface area contributed by atoms with Crippen LogP contribution in [0, 0.1) is 5.82 Å². The second-order valence-electron chi connectivity index (χ2n) is 6.57. The van der Waals surface area contributed by atoms with Gasteiger partial charge in [-0.05, 0) is 17.7 Å². The summed E-state index contributed by atoms with van der Waals surface area (Å²) < 4.78 is 21.5. The molecule has 8 heteroatoms. The van der Waals surface area contributed by atoms with E-state index in [9.17, 15) is 9.18 Å². The second kappa shape index (κ2) is 7.77. The van der Waals surface area contributed by atoms with Crippen molar-refractivity contribution in [2.75, 3.05) is 18.6 Å². The molecule has 0 aliphatic carbocycles. The van der Waals surface area contributed by atoms with Gasteiger partial charge in [-0.15, -0.1) is 0 Å². The highest BCUT2D eigenvalue weighted by Gasteiger charge is 2.30. The number of anilines is 1. The van der Waals surface area contributed by atoms with Gasteiger partial charge in [0.05, 0.1) is 12.7 Å². The Morgan fingerprint density at radius 2 is 2.07 bits per heavy atom. The lowest BCUT2D eigenvalue weighted by Crippen LogP contribution is -2.47. The summed E-state index contributed by atoms with van der Waals surface area (Å²) in [6.07, 6.45) is 2.97. The van der Waals surface area contributed by atoms with Crippen molar-refractivity contribution in [2.24, 2.45) is 0 Å². The maximum Gasteiger partial charge on any atom is 0.248 e.